The zero-order chi connectivity index (χ0) is 20.6. The maximum atomic E-state index is 12.5. The zero-order valence-corrected chi connectivity index (χ0v) is 17.7. The van der Waals surface area contributed by atoms with E-state index in [-0.39, 0.29) is 5.91 Å². The minimum atomic E-state index is 0.199. The Labute approximate surface area is 173 Å². The van der Waals surface area contributed by atoms with Gasteiger partial charge in [-0.1, -0.05) is 18.2 Å². The molecule has 7 heteroatoms. The highest BCUT2D eigenvalue weighted by Gasteiger charge is 2.23. The lowest BCUT2D eigenvalue weighted by molar-refractivity contribution is -0.118. The molecular weight excluding hydrogens is 364 g/mol. The van der Waals surface area contributed by atoms with Crippen LogP contribution in [-0.4, -0.2) is 48.3 Å². The van der Waals surface area contributed by atoms with Crippen LogP contribution in [0.25, 0.3) is 0 Å². The largest absolute Gasteiger partial charge is 0.356 e. The van der Waals surface area contributed by atoms with Crippen molar-refractivity contribution < 1.29 is 4.79 Å². The Morgan fingerprint density at radius 2 is 1.93 bits per heavy atom. The van der Waals surface area contributed by atoms with E-state index in [0.717, 1.165) is 62.8 Å². The molecule has 1 aromatic heterocycles. The molecule has 2 N–H and O–H groups in total. The Balaban J connectivity index is 1.32. The number of fused-ring (bicyclic) bond motifs is 1. The van der Waals surface area contributed by atoms with Crippen LogP contribution >= 0.6 is 0 Å². The Morgan fingerprint density at radius 1 is 1.17 bits per heavy atom. The van der Waals surface area contributed by atoms with E-state index in [2.05, 4.69) is 39.8 Å². The molecular formula is C22H32N6O. The molecule has 0 bridgehead atoms. The van der Waals surface area contributed by atoms with Gasteiger partial charge in [-0.15, -0.1) is 0 Å². The van der Waals surface area contributed by atoms with Gasteiger partial charge in [-0.3, -0.25) is 14.5 Å². The van der Waals surface area contributed by atoms with Crippen LogP contribution in [-0.2, 0) is 17.8 Å². The Morgan fingerprint density at radius 3 is 2.66 bits per heavy atom. The molecule has 0 saturated heterocycles. The third-order valence-corrected chi connectivity index (χ3v) is 5.21. The number of benzene rings is 1. The average molecular weight is 397 g/mol. The van der Waals surface area contributed by atoms with Gasteiger partial charge in [0, 0.05) is 51.0 Å². The second-order valence-corrected chi connectivity index (χ2v) is 7.46. The first-order valence-corrected chi connectivity index (χ1v) is 10.4. The molecule has 3 rings (SSSR count). The summed E-state index contributed by atoms with van der Waals surface area (Å²) in [5, 5.41) is 11.1. The first-order chi connectivity index (χ1) is 14.1. The summed E-state index contributed by atoms with van der Waals surface area (Å²) in [6, 6.07) is 10.3. The molecule has 0 atom stereocenters. The maximum absolute atomic E-state index is 12.5. The average Bonchev–Trinajstić information content (AvgIpc) is 3.29. The summed E-state index contributed by atoms with van der Waals surface area (Å²) >= 11 is 0. The van der Waals surface area contributed by atoms with E-state index >= 15 is 0 Å². The van der Waals surface area contributed by atoms with Crippen molar-refractivity contribution in [1.29, 1.82) is 0 Å². The fourth-order valence-electron chi connectivity index (χ4n) is 3.74. The number of para-hydroxylation sites is 1. The molecule has 0 spiro atoms. The van der Waals surface area contributed by atoms with E-state index < -0.39 is 0 Å². The number of aromatic nitrogens is 2. The van der Waals surface area contributed by atoms with Gasteiger partial charge in [0.25, 0.3) is 0 Å². The standard InChI is InChI=1S/C22H32N6O/c1-17-16-18(2)28(26-17)14-7-13-25-22(23-3)24-12-6-10-21(29)27-15-11-19-8-4-5-9-20(19)27/h4-5,8-9,16H,6-7,10-15H2,1-3H3,(H2,23,24,25). The third kappa shape index (κ3) is 5.59. The number of aliphatic imine (C=N–C) groups is 1. The van der Waals surface area contributed by atoms with Crippen molar-refractivity contribution in [2.24, 2.45) is 4.99 Å². The lowest BCUT2D eigenvalue weighted by atomic mass is 10.2. The fourth-order valence-corrected chi connectivity index (χ4v) is 3.74. The molecule has 1 aliphatic rings. The van der Waals surface area contributed by atoms with Crippen LogP contribution in [0.15, 0.2) is 35.3 Å². The van der Waals surface area contributed by atoms with Crippen molar-refractivity contribution in [2.75, 3.05) is 31.6 Å². The highest BCUT2D eigenvalue weighted by Crippen LogP contribution is 2.27. The van der Waals surface area contributed by atoms with Gasteiger partial charge in [0.2, 0.25) is 5.91 Å². The molecule has 7 nitrogen and oxygen atoms in total. The number of hydrogen-bond donors (Lipinski definition) is 2. The molecule has 0 fully saturated rings. The van der Waals surface area contributed by atoms with E-state index in [1.54, 1.807) is 7.05 Å². The molecule has 0 aliphatic carbocycles. The molecule has 0 unspecified atom stereocenters. The molecule has 29 heavy (non-hydrogen) atoms. The van der Waals surface area contributed by atoms with Gasteiger partial charge < -0.3 is 15.5 Å². The predicted octanol–water partition coefficient (Wildman–Crippen LogP) is 2.42. The fraction of sp³-hybridized carbons (Fsp3) is 0.500. The summed E-state index contributed by atoms with van der Waals surface area (Å²) < 4.78 is 2.04. The van der Waals surface area contributed by atoms with E-state index in [1.807, 2.05) is 34.7 Å². The van der Waals surface area contributed by atoms with Crippen LogP contribution in [0.1, 0.15) is 36.2 Å². The molecule has 1 aliphatic heterocycles. The van der Waals surface area contributed by atoms with Crippen molar-refractivity contribution in [3.05, 3.63) is 47.3 Å². The number of amides is 1. The summed E-state index contributed by atoms with van der Waals surface area (Å²) in [5.41, 5.74) is 4.59. The van der Waals surface area contributed by atoms with Gasteiger partial charge in [-0.25, -0.2) is 0 Å². The summed E-state index contributed by atoms with van der Waals surface area (Å²) in [6.07, 6.45) is 3.24. The van der Waals surface area contributed by atoms with Crippen LogP contribution in [0.5, 0.6) is 0 Å². The lowest BCUT2D eigenvalue weighted by Crippen LogP contribution is -2.39. The van der Waals surface area contributed by atoms with Crippen molar-refractivity contribution >= 4 is 17.6 Å². The predicted molar refractivity (Wildman–Crippen MR) is 117 cm³/mol. The Hall–Kier alpha value is -2.83. The molecule has 156 valence electrons. The van der Waals surface area contributed by atoms with Crippen LogP contribution in [0.2, 0.25) is 0 Å². The molecule has 0 radical (unpaired) electrons. The number of guanidine groups is 1. The van der Waals surface area contributed by atoms with E-state index in [4.69, 9.17) is 0 Å². The zero-order valence-electron chi connectivity index (χ0n) is 17.7. The first-order valence-electron chi connectivity index (χ1n) is 10.4. The van der Waals surface area contributed by atoms with Gasteiger partial charge in [-0.2, -0.15) is 5.10 Å². The van der Waals surface area contributed by atoms with Crippen molar-refractivity contribution in [1.82, 2.24) is 20.4 Å². The molecule has 2 aromatic rings. The Kier molecular flexibility index (Phi) is 7.27. The van der Waals surface area contributed by atoms with Crippen LogP contribution in [0.4, 0.5) is 5.69 Å². The lowest BCUT2D eigenvalue weighted by Gasteiger charge is -2.17. The summed E-state index contributed by atoms with van der Waals surface area (Å²) in [4.78, 5) is 18.7. The summed E-state index contributed by atoms with van der Waals surface area (Å²) in [7, 11) is 1.77. The SMILES string of the molecule is CN=C(NCCCC(=O)N1CCc2ccccc21)NCCCn1nc(C)cc1C. The number of aryl methyl sites for hydroxylation is 3. The monoisotopic (exact) mass is 396 g/mol. The quantitative estimate of drug-likeness (QED) is 0.408. The number of hydrogen-bond acceptors (Lipinski definition) is 3. The van der Waals surface area contributed by atoms with Gasteiger partial charge in [-0.05, 0) is 50.8 Å². The normalized spacial score (nSPS) is 13.5. The van der Waals surface area contributed by atoms with Crippen molar-refractivity contribution in [3.8, 4) is 0 Å². The number of nitrogens with one attached hydrogen (secondary N) is 2. The van der Waals surface area contributed by atoms with Gasteiger partial charge in [0.05, 0.1) is 5.69 Å². The van der Waals surface area contributed by atoms with Crippen LogP contribution in [0.3, 0.4) is 0 Å². The smallest absolute Gasteiger partial charge is 0.227 e. The molecule has 1 aromatic carbocycles. The van der Waals surface area contributed by atoms with Crippen LogP contribution < -0.4 is 15.5 Å². The summed E-state index contributed by atoms with van der Waals surface area (Å²) in [6.45, 7) is 7.32. The van der Waals surface area contributed by atoms with Gasteiger partial charge in [0.1, 0.15) is 0 Å². The number of nitrogens with zero attached hydrogens (tertiary/aromatic N) is 4. The summed E-state index contributed by atoms with van der Waals surface area (Å²) in [5.74, 6) is 0.974. The molecule has 2 heterocycles. The highest BCUT2D eigenvalue weighted by molar-refractivity contribution is 5.95. The third-order valence-electron chi connectivity index (χ3n) is 5.21. The second-order valence-electron chi connectivity index (χ2n) is 7.46. The van der Waals surface area contributed by atoms with Gasteiger partial charge in [0.15, 0.2) is 5.96 Å². The minimum absolute atomic E-state index is 0.199. The van der Waals surface area contributed by atoms with E-state index in [0.29, 0.717) is 6.42 Å². The number of carbonyl (C=O) groups excluding carboxylic acids is 1. The number of anilines is 1. The van der Waals surface area contributed by atoms with E-state index in [1.165, 1.54) is 11.3 Å². The number of rotatable bonds is 8. The van der Waals surface area contributed by atoms with Crippen molar-refractivity contribution in [2.45, 2.75) is 46.1 Å². The van der Waals surface area contributed by atoms with Gasteiger partial charge >= 0.3 is 0 Å². The highest BCUT2D eigenvalue weighted by atomic mass is 16.2. The Bertz CT molecular complexity index is 857. The van der Waals surface area contributed by atoms with Crippen LogP contribution in [0, 0.1) is 13.8 Å². The topological polar surface area (TPSA) is 74.6 Å². The van der Waals surface area contributed by atoms with Crippen molar-refractivity contribution in [3.63, 3.8) is 0 Å². The minimum Gasteiger partial charge on any atom is -0.356 e. The molecule has 1 amide bonds. The molecule has 0 saturated carbocycles. The van der Waals surface area contributed by atoms with E-state index in [9.17, 15) is 4.79 Å². The first kappa shape index (κ1) is 20.9. The number of carbonyl (C=O) groups is 1. The second kappa shape index (κ2) is 10.1. The maximum Gasteiger partial charge on any atom is 0.227 e.